The van der Waals surface area contributed by atoms with Crippen LogP contribution in [0.15, 0.2) is 54.6 Å². The van der Waals surface area contributed by atoms with Crippen molar-refractivity contribution in [1.29, 1.82) is 0 Å². The molecule has 2 aromatic carbocycles. The summed E-state index contributed by atoms with van der Waals surface area (Å²) in [7, 11) is -3.41. The molecular formula is C19H18FNO5S. The maximum Gasteiger partial charge on any atom is 0.331 e. The molecule has 1 N–H and O–H groups in total. The monoisotopic (exact) mass is 391 g/mol. The second kappa shape index (κ2) is 8.59. The number of nitrogens with one attached hydrogen (secondary N) is 1. The summed E-state index contributed by atoms with van der Waals surface area (Å²) < 4.78 is 42.8. The van der Waals surface area contributed by atoms with Gasteiger partial charge in [0.15, 0.2) is 6.10 Å². The highest BCUT2D eigenvalue weighted by atomic mass is 32.2. The number of esters is 1. The zero-order valence-electron chi connectivity index (χ0n) is 14.7. The molecule has 0 fully saturated rings. The summed E-state index contributed by atoms with van der Waals surface area (Å²) in [6.07, 6.45) is 2.47. The van der Waals surface area contributed by atoms with E-state index in [1.807, 2.05) is 0 Å². The molecule has 1 atom stereocenters. The van der Waals surface area contributed by atoms with Crippen LogP contribution in [-0.4, -0.2) is 32.5 Å². The number of rotatable bonds is 7. The van der Waals surface area contributed by atoms with Crippen LogP contribution in [0.4, 0.5) is 10.1 Å². The van der Waals surface area contributed by atoms with Gasteiger partial charge in [0.25, 0.3) is 0 Å². The topological polar surface area (TPSA) is 89.5 Å². The number of hydrogen-bond donors (Lipinski definition) is 1. The van der Waals surface area contributed by atoms with E-state index in [1.54, 1.807) is 6.07 Å². The number of ketones is 1. The van der Waals surface area contributed by atoms with Gasteiger partial charge in [-0.25, -0.2) is 17.6 Å². The maximum absolute atomic E-state index is 13.1. The van der Waals surface area contributed by atoms with Crippen molar-refractivity contribution >= 4 is 33.5 Å². The number of carbonyl (C=O) groups excluding carboxylic acids is 2. The zero-order valence-corrected chi connectivity index (χ0v) is 15.5. The minimum absolute atomic E-state index is 0.267. The Bertz CT molecular complexity index is 968. The molecule has 0 aliphatic heterocycles. The van der Waals surface area contributed by atoms with Crippen molar-refractivity contribution in [3.8, 4) is 0 Å². The van der Waals surface area contributed by atoms with Gasteiger partial charge in [0.2, 0.25) is 15.8 Å². The molecule has 142 valence electrons. The Morgan fingerprint density at radius 3 is 2.41 bits per heavy atom. The van der Waals surface area contributed by atoms with E-state index in [-0.39, 0.29) is 5.56 Å². The van der Waals surface area contributed by atoms with Crippen molar-refractivity contribution < 1.29 is 27.1 Å². The van der Waals surface area contributed by atoms with Crippen molar-refractivity contribution in [2.45, 2.75) is 13.0 Å². The van der Waals surface area contributed by atoms with E-state index in [2.05, 4.69) is 4.72 Å². The predicted molar refractivity (Wildman–Crippen MR) is 100 cm³/mol. The van der Waals surface area contributed by atoms with E-state index < -0.39 is 33.7 Å². The number of hydrogen-bond acceptors (Lipinski definition) is 5. The molecule has 0 amide bonds. The number of ether oxygens (including phenoxy) is 1. The first-order valence-corrected chi connectivity index (χ1v) is 9.79. The summed E-state index contributed by atoms with van der Waals surface area (Å²) in [4.78, 5) is 24.1. The summed E-state index contributed by atoms with van der Waals surface area (Å²) in [5.74, 6) is -1.60. The van der Waals surface area contributed by atoms with E-state index in [4.69, 9.17) is 4.74 Å². The molecule has 0 aliphatic rings. The van der Waals surface area contributed by atoms with Gasteiger partial charge in [-0.3, -0.25) is 9.52 Å². The molecule has 0 aromatic heterocycles. The fourth-order valence-electron chi connectivity index (χ4n) is 2.19. The average molecular weight is 391 g/mol. The first-order chi connectivity index (χ1) is 12.6. The molecule has 2 aromatic rings. The van der Waals surface area contributed by atoms with Gasteiger partial charge in [0.05, 0.1) is 6.26 Å². The molecule has 1 unspecified atom stereocenters. The Hall–Kier alpha value is -3.00. The van der Waals surface area contributed by atoms with Crippen LogP contribution in [0.2, 0.25) is 0 Å². The van der Waals surface area contributed by atoms with Crippen molar-refractivity contribution in [3.05, 3.63) is 71.6 Å². The van der Waals surface area contributed by atoms with Crippen LogP contribution in [0.25, 0.3) is 6.08 Å². The van der Waals surface area contributed by atoms with E-state index in [9.17, 15) is 22.4 Å². The molecule has 0 saturated carbocycles. The van der Waals surface area contributed by atoms with Gasteiger partial charge in [-0.15, -0.1) is 0 Å². The van der Waals surface area contributed by atoms with Crippen LogP contribution in [0.1, 0.15) is 22.8 Å². The largest absolute Gasteiger partial charge is 0.451 e. The van der Waals surface area contributed by atoms with Crippen molar-refractivity contribution in [2.75, 3.05) is 11.0 Å². The van der Waals surface area contributed by atoms with Gasteiger partial charge < -0.3 is 4.74 Å². The first kappa shape index (κ1) is 20.3. The molecule has 0 saturated heterocycles. The summed E-state index contributed by atoms with van der Waals surface area (Å²) in [6, 6.07) is 11.4. The van der Waals surface area contributed by atoms with Gasteiger partial charge in [0, 0.05) is 17.3 Å². The van der Waals surface area contributed by atoms with Gasteiger partial charge >= 0.3 is 5.97 Å². The third-order valence-electron chi connectivity index (χ3n) is 3.40. The fraction of sp³-hybridized carbons (Fsp3) is 0.158. The minimum Gasteiger partial charge on any atom is -0.451 e. The molecule has 0 bridgehead atoms. The Balaban J connectivity index is 1.97. The number of carbonyl (C=O) groups is 2. The molecule has 8 heteroatoms. The lowest BCUT2D eigenvalue weighted by molar-refractivity contribution is -0.140. The molecule has 0 heterocycles. The van der Waals surface area contributed by atoms with E-state index >= 15 is 0 Å². The molecule has 0 radical (unpaired) electrons. The quantitative estimate of drug-likeness (QED) is 0.445. The van der Waals surface area contributed by atoms with Crippen molar-refractivity contribution in [1.82, 2.24) is 0 Å². The second-order valence-electron chi connectivity index (χ2n) is 5.78. The molecule has 0 spiro atoms. The SMILES string of the molecule is CC(OC(=O)/C=C/c1cccc(F)c1)C(=O)c1ccc(NS(C)(=O)=O)cc1. The number of halogens is 1. The van der Waals surface area contributed by atoms with Crippen LogP contribution in [0.5, 0.6) is 0 Å². The molecule has 6 nitrogen and oxygen atoms in total. The molecular weight excluding hydrogens is 373 g/mol. The van der Waals surface area contributed by atoms with E-state index in [0.29, 0.717) is 11.3 Å². The summed E-state index contributed by atoms with van der Waals surface area (Å²) in [6.45, 7) is 1.43. The average Bonchev–Trinajstić information content (AvgIpc) is 2.58. The number of Topliss-reactive ketones (excluding diaryl/α,β-unsaturated/α-hetero) is 1. The van der Waals surface area contributed by atoms with Gasteiger partial charge in [-0.05, 0) is 55.0 Å². The van der Waals surface area contributed by atoms with Gasteiger partial charge in [0.1, 0.15) is 5.82 Å². The van der Waals surface area contributed by atoms with Gasteiger partial charge in [-0.2, -0.15) is 0 Å². The summed E-state index contributed by atoms with van der Waals surface area (Å²) in [5, 5.41) is 0. The Morgan fingerprint density at radius 2 is 1.81 bits per heavy atom. The second-order valence-corrected chi connectivity index (χ2v) is 7.53. The zero-order chi connectivity index (χ0) is 20.0. The highest BCUT2D eigenvalue weighted by Crippen LogP contribution is 2.14. The standard InChI is InChI=1S/C19H18FNO5S/c1-13(26-18(22)11-6-14-4-3-5-16(20)12-14)19(23)15-7-9-17(10-8-15)21-27(2,24)25/h3-13,21H,1-2H3/b11-6+. The summed E-state index contributed by atoms with van der Waals surface area (Å²) >= 11 is 0. The van der Waals surface area contributed by atoms with Crippen LogP contribution < -0.4 is 4.72 Å². The number of anilines is 1. The lowest BCUT2D eigenvalue weighted by Crippen LogP contribution is -2.23. The third-order valence-corrected chi connectivity index (χ3v) is 4.00. The summed E-state index contributed by atoms with van der Waals surface area (Å²) in [5.41, 5.74) is 1.07. The normalized spacial score (nSPS) is 12.6. The Morgan fingerprint density at radius 1 is 1.15 bits per heavy atom. The molecule has 2 rings (SSSR count). The number of sulfonamides is 1. The minimum atomic E-state index is -3.41. The first-order valence-electron chi connectivity index (χ1n) is 7.90. The van der Waals surface area contributed by atoms with Gasteiger partial charge in [-0.1, -0.05) is 12.1 Å². The molecule has 0 aliphatic carbocycles. The lowest BCUT2D eigenvalue weighted by atomic mass is 10.1. The van der Waals surface area contributed by atoms with Crippen molar-refractivity contribution in [3.63, 3.8) is 0 Å². The fourth-order valence-corrected chi connectivity index (χ4v) is 2.76. The van der Waals surface area contributed by atoms with Crippen LogP contribution in [0, 0.1) is 5.82 Å². The Kier molecular flexibility index (Phi) is 6.46. The highest BCUT2D eigenvalue weighted by molar-refractivity contribution is 7.92. The smallest absolute Gasteiger partial charge is 0.331 e. The highest BCUT2D eigenvalue weighted by Gasteiger charge is 2.18. The van der Waals surface area contributed by atoms with E-state index in [0.717, 1.165) is 12.3 Å². The van der Waals surface area contributed by atoms with Crippen molar-refractivity contribution in [2.24, 2.45) is 0 Å². The Labute approximate surface area is 156 Å². The van der Waals surface area contributed by atoms with Crippen LogP contribution >= 0.6 is 0 Å². The lowest BCUT2D eigenvalue weighted by Gasteiger charge is -2.11. The third kappa shape index (κ3) is 6.67. The molecule has 27 heavy (non-hydrogen) atoms. The van der Waals surface area contributed by atoms with Crippen LogP contribution in [0.3, 0.4) is 0 Å². The predicted octanol–water partition coefficient (Wildman–Crippen LogP) is 3.03. The van der Waals surface area contributed by atoms with E-state index in [1.165, 1.54) is 55.5 Å². The van der Waals surface area contributed by atoms with Crippen LogP contribution in [-0.2, 0) is 19.6 Å². The maximum atomic E-state index is 13.1. The number of benzene rings is 2.